The standard InChI is InChI=1S/C32H38INO/c1-2-31(26-12-6-5-7-13-26)32(27-14-18-29(33)19-15-27)28-16-20-30(21-17-28)35-25-11-4-3-8-22-34-23-9-10-24-34/h5-7,12-21H,2-4,8-11,22-25H2,1H3/b32-31-. The van der Waals surface area contributed by atoms with Crippen LogP contribution in [0.1, 0.15) is 68.6 Å². The largest absolute Gasteiger partial charge is 0.494 e. The number of ether oxygens (including phenoxy) is 1. The van der Waals surface area contributed by atoms with Gasteiger partial charge in [-0.3, -0.25) is 0 Å². The molecule has 3 heteroatoms. The Morgan fingerprint density at radius 1 is 0.743 bits per heavy atom. The van der Waals surface area contributed by atoms with Gasteiger partial charge in [0.2, 0.25) is 0 Å². The minimum atomic E-state index is 0.799. The second-order valence-corrected chi connectivity index (χ2v) is 10.7. The molecule has 0 amide bonds. The van der Waals surface area contributed by atoms with Gasteiger partial charge in [0.15, 0.2) is 0 Å². The fraction of sp³-hybridized carbons (Fsp3) is 0.375. The van der Waals surface area contributed by atoms with E-state index in [1.54, 1.807) is 0 Å². The molecule has 1 heterocycles. The number of rotatable bonds is 12. The molecule has 0 spiro atoms. The number of nitrogens with zero attached hydrogens (tertiary/aromatic N) is 1. The van der Waals surface area contributed by atoms with Gasteiger partial charge in [0.1, 0.15) is 5.75 Å². The van der Waals surface area contributed by atoms with E-state index in [1.807, 2.05) is 0 Å². The molecule has 3 aromatic carbocycles. The molecule has 0 atom stereocenters. The molecule has 0 unspecified atom stereocenters. The van der Waals surface area contributed by atoms with E-state index in [9.17, 15) is 0 Å². The molecule has 35 heavy (non-hydrogen) atoms. The number of allylic oxidation sites excluding steroid dienone is 1. The van der Waals surface area contributed by atoms with Crippen LogP contribution in [-0.4, -0.2) is 31.1 Å². The Labute approximate surface area is 225 Å². The van der Waals surface area contributed by atoms with Crippen LogP contribution in [0.2, 0.25) is 0 Å². The molecular weight excluding hydrogens is 541 g/mol. The van der Waals surface area contributed by atoms with Crippen LogP contribution < -0.4 is 4.74 Å². The van der Waals surface area contributed by atoms with E-state index in [0.29, 0.717) is 0 Å². The highest BCUT2D eigenvalue weighted by Gasteiger charge is 2.13. The maximum atomic E-state index is 6.09. The Morgan fingerprint density at radius 2 is 1.37 bits per heavy atom. The van der Waals surface area contributed by atoms with Gasteiger partial charge in [-0.1, -0.05) is 74.4 Å². The van der Waals surface area contributed by atoms with Crippen molar-refractivity contribution in [2.75, 3.05) is 26.2 Å². The van der Waals surface area contributed by atoms with E-state index in [1.165, 1.54) is 83.1 Å². The zero-order valence-corrected chi connectivity index (χ0v) is 23.2. The number of likely N-dealkylation sites (tertiary alicyclic amines) is 1. The fourth-order valence-corrected chi connectivity index (χ4v) is 5.36. The lowest BCUT2D eigenvalue weighted by molar-refractivity contribution is 0.297. The predicted octanol–water partition coefficient (Wildman–Crippen LogP) is 8.70. The first-order valence-electron chi connectivity index (χ1n) is 13.2. The van der Waals surface area contributed by atoms with Gasteiger partial charge in [0.05, 0.1) is 6.61 Å². The van der Waals surface area contributed by atoms with Crippen LogP contribution in [-0.2, 0) is 0 Å². The minimum absolute atomic E-state index is 0.799. The summed E-state index contributed by atoms with van der Waals surface area (Å²) in [5.41, 5.74) is 6.46. The summed E-state index contributed by atoms with van der Waals surface area (Å²) in [7, 11) is 0. The Bertz CT molecular complexity index is 1050. The van der Waals surface area contributed by atoms with Crippen molar-refractivity contribution in [3.05, 3.63) is 99.1 Å². The zero-order valence-electron chi connectivity index (χ0n) is 21.0. The molecule has 1 fully saturated rings. The van der Waals surface area contributed by atoms with Crippen molar-refractivity contribution < 1.29 is 4.74 Å². The first-order chi connectivity index (χ1) is 17.2. The van der Waals surface area contributed by atoms with Gasteiger partial charge in [0, 0.05) is 3.57 Å². The van der Waals surface area contributed by atoms with E-state index in [4.69, 9.17) is 4.74 Å². The monoisotopic (exact) mass is 579 g/mol. The molecule has 184 valence electrons. The fourth-order valence-electron chi connectivity index (χ4n) is 5.00. The molecule has 0 radical (unpaired) electrons. The molecule has 1 aliphatic heterocycles. The Kier molecular flexibility index (Phi) is 10.3. The summed E-state index contributed by atoms with van der Waals surface area (Å²) in [6, 6.07) is 28.3. The Hall–Kier alpha value is -2.11. The normalized spacial score (nSPS) is 14.7. The third-order valence-corrected chi connectivity index (χ3v) is 7.61. The quantitative estimate of drug-likeness (QED) is 0.121. The topological polar surface area (TPSA) is 12.5 Å². The maximum Gasteiger partial charge on any atom is 0.119 e. The van der Waals surface area contributed by atoms with Crippen molar-refractivity contribution in [3.63, 3.8) is 0 Å². The number of hydrogen-bond acceptors (Lipinski definition) is 2. The summed E-state index contributed by atoms with van der Waals surface area (Å²) in [4.78, 5) is 2.61. The van der Waals surface area contributed by atoms with E-state index >= 15 is 0 Å². The lowest BCUT2D eigenvalue weighted by atomic mass is 9.88. The van der Waals surface area contributed by atoms with Crippen LogP contribution in [0.15, 0.2) is 78.9 Å². The van der Waals surface area contributed by atoms with Crippen LogP contribution in [0.4, 0.5) is 0 Å². The summed E-state index contributed by atoms with van der Waals surface area (Å²) in [5.74, 6) is 0.963. The lowest BCUT2D eigenvalue weighted by Crippen LogP contribution is -2.20. The Balaban J connectivity index is 1.39. The third kappa shape index (κ3) is 7.68. The van der Waals surface area contributed by atoms with Crippen molar-refractivity contribution >= 4 is 33.7 Å². The highest BCUT2D eigenvalue weighted by molar-refractivity contribution is 14.1. The second-order valence-electron chi connectivity index (χ2n) is 9.42. The van der Waals surface area contributed by atoms with E-state index < -0.39 is 0 Å². The minimum Gasteiger partial charge on any atom is -0.494 e. The van der Waals surface area contributed by atoms with Crippen LogP contribution in [0.25, 0.3) is 11.1 Å². The van der Waals surface area contributed by atoms with Crippen LogP contribution in [0, 0.1) is 3.57 Å². The molecule has 1 aliphatic rings. The summed E-state index contributed by atoms with van der Waals surface area (Å²) in [6.45, 7) is 6.95. The molecule has 4 rings (SSSR count). The van der Waals surface area contributed by atoms with Gasteiger partial charge in [-0.25, -0.2) is 0 Å². The highest BCUT2D eigenvalue weighted by Crippen LogP contribution is 2.35. The molecule has 2 nitrogen and oxygen atoms in total. The van der Waals surface area contributed by atoms with Crippen molar-refractivity contribution in [3.8, 4) is 5.75 Å². The van der Waals surface area contributed by atoms with Gasteiger partial charge < -0.3 is 9.64 Å². The maximum absolute atomic E-state index is 6.09. The zero-order chi connectivity index (χ0) is 24.3. The predicted molar refractivity (Wildman–Crippen MR) is 158 cm³/mol. The molecule has 0 bridgehead atoms. The molecule has 1 saturated heterocycles. The average molecular weight is 580 g/mol. The van der Waals surface area contributed by atoms with Gasteiger partial charge >= 0.3 is 0 Å². The molecule has 3 aromatic rings. The van der Waals surface area contributed by atoms with E-state index in [-0.39, 0.29) is 0 Å². The van der Waals surface area contributed by atoms with Crippen LogP contribution in [0.5, 0.6) is 5.75 Å². The van der Waals surface area contributed by atoms with E-state index in [2.05, 4.69) is 113 Å². The third-order valence-electron chi connectivity index (χ3n) is 6.89. The Morgan fingerprint density at radius 3 is 2.03 bits per heavy atom. The molecule has 0 aliphatic carbocycles. The average Bonchev–Trinajstić information content (AvgIpc) is 3.42. The number of unbranched alkanes of at least 4 members (excludes halogenated alkanes) is 3. The summed E-state index contributed by atoms with van der Waals surface area (Å²) in [5, 5.41) is 0. The van der Waals surface area contributed by atoms with Crippen molar-refractivity contribution in [1.29, 1.82) is 0 Å². The molecule has 0 saturated carbocycles. The molecular formula is C32H38INO. The first-order valence-corrected chi connectivity index (χ1v) is 14.3. The number of halogens is 1. The summed E-state index contributed by atoms with van der Waals surface area (Å²) >= 11 is 2.37. The van der Waals surface area contributed by atoms with Crippen molar-refractivity contribution in [2.24, 2.45) is 0 Å². The van der Waals surface area contributed by atoms with Crippen LogP contribution >= 0.6 is 22.6 Å². The number of hydrogen-bond donors (Lipinski definition) is 0. The van der Waals surface area contributed by atoms with Crippen molar-refractivity contribution in [2.45, 2.75) is 51.9 Å². The second kappa shape index (κ2) is 13.8. The van der Waals surface area contributed by atoms with Crippen LogP contribution in [0.3, 0.4) is 0 Å². The molecule has 0 N–H and O–H groups in total. The van der Waals surface area contributed by atoms with Gasteiger partial charge in [-0.05, 0) is 126 Å². The molecule has 0 aromatic heterocycles. The van der Waals surface area contributed by atoms with Gasteiger partial charge in [0.25, 0.3) is 0 Å². The van der Waals surface area contributed by atoms with Crippen molar-refractivity contribution in [1.82, 2.24) is 4.90 Å². The number of benzene rings is 3. The smallest absolute Gasteiger partial charge is 0.119 e. The van der Waals surface area contributed by atoms with E-state index in [0.717, 1.165) is 25.2 Å². The lowest BCUT2D eigenvalue weighted by Gasteiger charge is -2.17. The first kappa shape index (κ1) is 26.0. The van der Waals surface area contributed by atoms with Gasteiger partial charge in [-0.2, -0.15) is 0 Å². The summed E-state index contributed by atoms with van der Waals surface area (Å²) < 4.78 is 7.34. The van der Waals surface area contributed by atoms with Gasteiger partial charge in [-0.15, -0.1) is 0 Å². The summed E-state index contributed by atoms with van der Waals surface area (Å²) in [6.07, 6.45) is 8.76. The SMILES string of the molecule is CC/C(=C(\c1ccc(I)cc1)c1ccc(OCCCCCCN2CCCC2)cc1)c1ccccc1. The highest BCUT2D eigenvalue weighted by atomic mass is 127.